The topological polar surface area (TPSA) is 76.7 Å². The van der Waals surface area contributed by atoms with Crippen LogP contribution in [0, 0.1) is 5.92 Å². The molecule has 1 aliphatic rings. The van der Waals surface area contributed by atoms with Crippen LogP contribution < -0.4 is 11.2 Å². The summed E-state index contributed by atoms with van der Waals surface area (Å²) in [5.41, 5.74) is 7.84. The van der Waals surface area contributed by atoms with Gasteiger partial charge in [-0.1, -0.05) is 13.3 Å². The predicted molar refractivity (Wildman–Crippen MR) is 70.5 cm³/mol. The van der Waals surface area contributed by atoms with E-state index in [1.165, 1.54) is 0 Å². The lowest BCUT2D eigenvalue weighted by molar-refractivity contribution is -0.146. The highest BCUT2D eigenvalue weighted by atomic mass is 32.1. The van der Waals surface area contributed by atoms with Gasteiger partial charge in [0.05, 0.1) is 11.6 Å². The van der Waals surface area contributed by atoms with Gasteiger partial charge in [0.25, 0.3) is 0 Å². The average molecular weight is 257 g/mol. The number of carbonyl (C=O) groups excluding carboxylic acids is 1. The Morgan fingerprint density at radius 1 is 1.76 bits per heavy atom. The standard InChI is InChI=1S/C11H19N3O2S/c1-4-5-8-6-11(3,16-9(8)15)7(2)13-14-10(12)17/h8H,4-6H2,1-3H3,(H3,12,14,17)/b13-7-/t8-,11+/m1/s1. The van der Waals surface area contributed by atoms with Crippen LogP contribution in [0.1, 0.15) is 40.0 Å². The van der Waals surface area contributed by atoms with E-state index in [0.29, 0.717) is 12.1 Å². The van der Waals surface area contributed by atoms with Crippen molar-refractivity contribution in [1.82, 2.24) is 5.43 Å². The number of nitrogens with one attached hydrogen (secondary N) is 1. The van der Waals surface area contributed by atoms with Gasteiger partial charge in [-0.05, 0) is 32.5 Å². The molecule has 0 radical (unpaired) electrons. The number of nitrogens with zero attached hydrogens (tertiary/aromatic N) is 1. The number of cyclic esters (lactones) is 1. The van der Waals surface area contributed by atoms with Gasteiger partial charge < -0.3 is 10.5 Å². The normalized spacial score (nSPS) is 29.0. The van der Waals surface area contributed by atoms with E-state index in [1.807, 2.05) is 6.92 Å². The molecule has 1 saturated heterocycles. The fourth-order valence-electron chi connectivity index (χ4n) is 1.95. The van der Waals surface area contributed by atoms with E-state index in [9.17, 15) is 4.79 Å². The summed E-state index contributed by atoms with van der Waals surface area (Å²) in [4.78, 5) is 11.7. The van der Waals surface area contributed by atoms with Crippen molar-refractivity contribution in [1.29, 1.82) is 0 Å². The number of rotatable bonds is 4. The summed E-state index contributed by atoms with van der Waals surface area (Å²) in [6.45, 7) is 5.71. The Kier molecular flexibility index (Phi) is 4.45. The zero-order valence-electron chi connectivity index (χ0n) is 10.4. The maximum atomic E-state index is 11.7. The lowest BCUT2D eigenvalue weighted by Crippen LogP contribution is -2.36. The Morgan fingerprint density at radius 3 is 2.94 bits per heavy atom. The third kappa shape index (κ3) is 3.39. The van der Waals surface area contributed by atoms with Gasteiger partial charge in [-0.2, -0.15) is 5.10 Å². The molecule has 0 aliphatic carbocycles. The van der Waals surface area contributed by atoms with Crippen molar-refractivity contribution in [2.24, 2.45) is 16.8 Å². The minimum absolute atomic E-state index is 0.0278. The highest BCUT2D eigenvalue weighted by Crippen LogP contribution is 2.34. The van der Waals surface area contributed by atoms with E-state index in [0.717, 1.165) is 12.8 Å². The highest BCUT2D eigenvalue weighted by molar-refractivity contribution is 7.80. The molecule has 1 aliphatic heterocycles. The number of hydrazone groups is 1. The number of thiocarbonyl (C=S) groups is 1. The van der Waals surface area contributed by atoms with E-state index in [4.69, 9.17) is 10.5 Å². The van der Waals surface area contributed by atoms with E-state index in [1.54, 1.807) is 6.92 Å². The molecule has 0 aromatic rings. The number of nitrogens with two attached hydrogens (primary N) is 1. The summed E-state index contributed by atoms with van der Waals surface area (Å²) in [7, 11) is 0. The monoisotopic (exact) mass is 257 g/mol. The zero-order chi connectivity index (χ0) is 13.1. The van der Waals surface area contributed by atoms with E-state index in [-0.39, 0.29) is 17.0 Å². The second kappa shape index (κ2) is 5.44. The molecule has 0 bridgehead atoms. The van der Waals surface area contributed by atoms with Crippen LogP contribution in [0.15, 0.2) is 5.10 Å². The lowest BCUT2D eigenvalue weighted by atomic mass is 9.90. The molecule has 5 nitrogen and oxygen atoms in total. The summed E-state index contributed by atoms with van der Waals surface area (Å²) in [5.74, 6) is -0.167. The quantitative estimate of drug-likeness (QED) is 0.344. The maximum absolute atomic E-state index is 11.7. The number of ether oxygens (including phenoxy) is 1. The summed E-state index contributed by atoms with van der Waals surface area (Å²) in [6, 6.07) is 0. The molecule has 17 heavy (non-hydrogen) atoms. The van der Waals surface area contributed by atoms with Crippen molar-refractivity contribution in [3.05, 3.63) is 0 Å². The Balaban J connectivity index is 2.73. The first-order valence-corrected chi connectivity index (χ1v) is 6.13. The van der Waals surface area contributed by atoms with Gasteiger partial charge in [0, 0.05) is 6.42 Å². The molecule has 0 unspecified atom stereocenters. The summed E-state index contributed by atoms with van der Waals surface area (Å²) < 4.78 is 5.41. The molecule has 2 atom stereocenters. The molecular weight excluding hydrogens is 238 g/mol. The lowest BCUT2D eigenvalue weighted by Gasteiger charge is -2.22. The maximum Gasteiger partial charge on any atom is 0.310 e. The summed E-state index contributed by atoms with van der Waals surface area (Å²) in [6.07, 6.45) is 2.48. The van der Waals surface area contributed by atoms with Crippen molar-refractivity contribution in [3.8, 4) is 0 Å². The molecule has 6 heteroatoms. The van der Waals surface area contributed by atoms with E-state index < -0.39 is 5.60 Å². The second-order valence-electron chi connectivity index (χ2n) is 4.51. The van der Waals surface area contributed by atoms with Gasteiger partial charge in [0.15, 0.2) is 5.11 Å². The number of carbonyl (C=O) groups is 1. The van der Waals surface area contributed by atoms with Crippen LogP contribution in [0.25, 0.3) is 0 Å². The third-order valence-electron chi connectivity index (χ3n) is 3.03. The third-order valence-corrected chi connectivity index (χ3v) is 3.12. The van der Waals surface area contributed by atoms with Gasteiger partial charge in [-0.3, -0.25) is 10.2 Å². The second-order valence-corrected chi connectivity index (χ2v) is 4.95. The van der Waals surface area contributed by atoms with Crippen molar-refractivity contribution < 1.29 is 9.53 Å². The van der Waals surface area contributed by atoms with Gasteiger partial charge in [0.2, 0.25) is 0 Å². The SMILES string of the molecule is CCC[C@@H]1C[C@@](C)(/C(C)=N\NC(N)=S)OC1=O. The Morgan fingerprint density at radius 2 is 2.41 bits per heavy atom. The summed E-state index contributed by atoms with van der Waals surface area (Å²) in [5, 5.41) is 4.13. The largest absolute Gasteiger partial charge is 0.453 e. The molecule has 96 valence electrons. The minimum atomic E-state index is -0.644. The van der Waals surface area contributed by atoms with Crippen molar-refractivity contribution >= 4 is 29.0 Å². The summed E-state index contributed by atoms with van der Waals surface area (Å²) >= 11 is 4.66. The molecule has 1 heterocycles. The zero-order valence-corrected chi connectivity index (χ0v) is 11.3. The van der Waals surface area contributed by atoms with Gasteiger partial charge >= 0.3 is 5.97 Å². The van der Waals surface area contributed by atoms with Gasteiger partial charge in [-0.25, -0.2) is 0 Å². The van der Waals surface area contributed by atoms with Crippen molar-refractivity contribution in [2.75, 3.05) is 0 Å². The smallest absolute Gasteiger partial charge is 0.310 e. The first kappa shape index (κ1) is 13.9. The molecule has 0 aromatic carbocycles. The Hall–Kier alpha value is -1.17. The molecule has 0 amide bonds. The Labute approximate surface area is 107 Å². The number of hydrogen-bond acceptors (Lipinski definition) is 4. The number of esters is 1. The molecular formula is C11H19N3O2S. The van der Waals surface area contributed by atoms with Crippen LogP contribution >= 0.6 is 12.2 Å². The van der Waals surface area contributed by atoms with Crippen LogP contribution in [0.5, 0.6) is 0 Å². The van der Waals surface area contributed by atoms with E-state index >= 15 is 0 Å². The van der Waals surface area contributed by atoms with Crippen molar-refractivity contribution in [3.63, 3.8) is 0 Å². The number of hydrogen-bond donors (Lipinski definition) is 2. The van der Waals surface area contributed by atoms with Crippen molar-refractivity contribution in [2.45, 2.75) is 45.6 Å². The molecule has 0 spiro atoms. The van der Waals surface area contributed by atoms with Crippen LogP contribution in [0.4, 0.5) is 0 Å². The molecule has 0 saturated carbocycles. The molecule has 3 N–H and O–H groups in total. The minimum Gasteiger partial charge on any atom is -0.453 e. The van der Waals surface area contributed by atoms with Crippen LogP contribution in [0.3, 0.4) is 0 Å². The van der Waals surface area contributed by atoms with Crippen LogP contribution in [0.2, 0.25) is 0 Å². The first-order valence-electron chi connectivity index (χ1n) is 5.72. The predicted octanol–water partition coefficient (Wildman–Crippen LogP) is 1.32. The van der Waals surface area contributed by atoms with Gasteiger partial charge in [0.1, 0.15) is 5.60 Å². The van der Waals surface area contributed by atoms with Crippen LogP contribution in [-0.2, 0) is 9.53 Å². The highest BCUT2D eigenvalue weighted by Gasteiger charge is 2.45. The van der Waals surface area contributed by atoms with Crippen LogP contribution in [-0.4, -0.2) is 22.4 Å². The molecule has 0 aromatic heterocycles. The first-order chi connectivity index (χ1) is 7.89. The average Bonchev–Trinajstić information content (AvgIpc) is 2.52. The van der Waals surface area contributed by atoms with Gasteiger partial charge in [-0.15, -0.1) is 0 Å². The molecule has 1 fully saturated rings. The fourth-order valence-corrected chi connectivity index (χ4v) is 1.99. The molecule has 1 rings (SSSR count). The van der Waals surface area contributed by atoms with E-state index in [2.05, 4.69) is 29.7 Å². The Bertz CT molecular complexity index is 357. The fraction of sp³-hybridized carbons (Fsp3) is 0.727.